The van der Waals surface area contributed by atoms with Gasteiger partial charge in [-0.3, -0.25) is 9.78 Å². The molecule has 0 aliphatic carbocycles. The van der Waals surface area contributed by atoms with Crippen LogP contribution in [0.4, 0.5) is 5.82 Å². The van der Waals surface area contributed by atoms with Gasteiger partial charge in [0.05, 0.1) is 12.1 Å². The van der Waals surface area contributed by atoms with Gasteiger partial charge in [-0.1, -0.05) is 0 Å². The molecule has 2 N–H and O–H groups in total. The summed E-state index contributed by atoms with van der Waals surface area (Å²) >= 11 is 1.57. The molecule has 0 saturated carbocycles. The first kappa shape index (κ1) is 12.4. The van der Waals surface area contributed by atoms with Crippen LogP contribution >= 0.6 is 11.3 Å². The van der Waals surface area contributed by atoms with E-state index in [-0.39, 0.29) is 5.91 Å². The van der Waals surface area contributed by atoms with Crippen molar-refractivity contribution in [2.24, 2.45) is 0 Å². The molecule has 0 unspecified atom stereocenters. The number of aromatic nitrogens is 3. The van der Waals surface area contributed by atoms with Gasteiger partial charge in [0.1, 0.15) is 5.82 Å². The van der Waals surface area contributed by atoms with Crippen LogP contribution in [0.3, 0.4) is 0 Å². The number of hydrogen-bond acceptors (Lipinski definition) is 6. The summed E-state index contributed by atoms with van der Waals surface area (Å²) < 4.78 is 0. The van der Waals surface area contributed by atoms with Gasteiger partial charge in [-0.05, 0) is 19.1 Å². The summed E-state index contributed by atoms with van der Waals surface area (Å²) in [5.41, 5.74) is 2.10. The van der Waals surface area contributed by atoms with Crippen molar-refractivity contribution in [2.75, 3.05) is 11.9 Å². The van der Waals surface area contributed by atoms with Crippen molar-refractivity contribution in [3.05, 3.63) is 34.4 Å². The normalized spacial score (nSPS) is 10.1. The summed E-state index contributed by atoms with van der Waals surface area (Å²) in [4.78, 5) is 16.6. The molecular weight excluding hydrogens is 250 g/mol. The Morgan fingerprint density at radius 2 is 2.28 bits per heavy atom. The average molecular weight is 263 g/mol. The largest absolute Gasteiger partial charge is 0.364 e. The Morgan fingerprint density at radius 3 is 2.89 bits per heavy atom. The standard InChI is InChI=1S/C11H13N5OS/c1-2-13-11(17)9-3-4-10(16-15-9)14-6-8-5-12-7-18-8/h3-5,7H,2,6H2,1H3,(H,13,17)(H,14,16). The zero-order chi connectivity index (χ0) is 12.8. The van der Waals surface area contributed by atoms with Crippen LogP contribution in [-0.2, 0) is 6.54 Å². The molecule has 0 spiro atoms. The molecule has 0 radical (unpaired) electrons. The molecular formula is C11H13N5OS. The molecule has 0 aliphatic heterocycles. The number of carbonyl (C=O) groups is 1. The maximum absolute atomic E-state index is 11.5. The number of rotatable bonds is 5. The predicted molar refractivity (Wildman–Crippen MR) is 69.5 cm³/mol. The molecule has 7 heteroatoms. The summed E-state index contributed by atoms with van der Waals surface area (Å²) in [6.45, 7) is 3.09. The third kappa shape index (κ3) is 3.24. The van der Waals surface area contributed by atoms with Crippen molar-refractivity contribution in [2.45, 2.75) is 13.5 Å². The molecule has 18 heavy (non-hydrogen) atoms. The molecule has 1 amide bonds. The highest BCUT2D eigenvalue weighted by molar-refractivity contribution is 7.09. The molecule has 94 valence electrons. The molecule has 6 nitrogen and oxygen atoms in total. The van der Waals surface area contributed by atoms with Gasteiger partial charge in [-0.2, -0.15) is 0 Å². The molecule has 0 aliphatic rings. The van der Waals surface area contributed by atoms with Gasteiger partial charge in [0.2, 0.25) is 0 Å². The monoisotopic (exact) mass is 263 g/mol. The highest BCUT2D eigenvalue weighted by Gasteiger charge is 2.06. The maximum atomic E-state index is 11.5. The summed E-state index contributed by atoms with van der Waals surface area (Å²) in [6, 6.07) is 3.38. The lowest BCUT2D eigenvalue weighted by atomic mass is 10.3. The van der Waals surface area contributed by atoms with E-state index in [9.17, 15) is 4.79 Å². The first-order chi connectivity index (χ1) is 8.79. The van der Waals surface area contributed by atoms with E-state index < -0.39 is 0 Å². The Labute approximate surface area is 108 Å². The van der Waals surface area contributed by atoms with Crippen molar-refractivity contribution in [3.63, 3.8) is 0 Å². The van der Waals surface area contributed by atoms with Crippen molar-refractivity contribution in [1.82, 2.24) is 20.5 Å². The molecule has 2 heterocycles. The van der Waals surface area contributed by atoms with Gasteiger partial charge in [-0.25, -0.2) is 0 Å². The van der Waals surface area contributed by atoms with Crippen molar-refractivity contribution >= 4 is 23.1 Å². The lowest BCUT2D eigenvalue weighted by molar-refractivity contribution is 0.0950. The zero-order valence-corrected chi connectivity index (χ0v) is 10.7. The van der Waals surface area contributed by atoms with Gasteiger partial charge < -0.3 is 10.6 Å². The maximum Gasteiger partial charge on any atom is 0.271 e. The minimum Gasteiger partial charge on any atom is -0.364 e. The van der Waals surface area contributed by atoms with Gasteiger partial charge in [0, 0.05) is 17.6 Å². The second kappa shape index (κ2) is 6.06. The van der Waals surface area contributed by atoms with Gasteiger partial charge in [0.25, 0.3) is 5.91 Å². The SMILES string of the molecule is CCNC(=O)c1ccc(NCc2cncs2)nn1. The van der Waals surface area contributed by atoms with Gasteiger partial charge >= 0.3 is 0 Å². The summed E-state index contributed by atoms with van der Waals surface area (Å²) in [5.74, 6) is 0.426. The zero-order valence-electron chi connectivity index (χ0n) is 9.88. The number of amides is 1. The number of anilines is 1. The third-order valence-corrected chi connectivity index (χ3v) is 2.94. The van der Waals surface area contributed by atoms with E-state index in [1.54, 1.807) is 35.2 Å². The summed E-state index contributed by atoms with van der Waals surface area (Å²) in [5, 5.41) is 13.6. The van der Waals surface area contributed by atoms with Crippen LogP contribution in [0.15, 0.2) is 23.8 Å². The number of nitrogens with one attached hydrogen (secondary N) is 2. The summed E-state index contributed by atoms with van der Waals surface area (Å²) in [7, 11) is 0. The Bertz CT molecular complexity index is 497. The average Bonchev–Trinajstić information content (AvgIpc) is 2.90. The van der Waals surface area contributed by atoms with Crippen molar-refractivity contribution in [3.8, 4) is 0 Å². The number of hydrogen-bond donors (Lipinski definition) is 2. The van der Waals surface area contributed by atoms with E-state index in [1.165, 1.54) is 0 Å². The van der Waals surface area contributed by atoms with Crippen LogP contribution in [0.1, 0.15) is 22.3 Å². The quantitative estimate of drug-likeness (QED) is 0.849. The molecule has 2 aromatic heterocycles. The van der Waals surface area contributed by atoms with E-state index in [0.29, 0.717) is 24.6 Å². The van der Waals surface area contributed by atoms with Crippen molar-refractivity contribution < 1.29 is 4.79 Å². The molecule has 0 saturated heterocycles. The highest BCUT2D eigenvalue weighted by atomic mass is 32.1. The highest BCUT2D eigenvalue weighted by Crippen LogP contribution is 2.09. The van der Waals surface area contributed by atoms with Gasteiger partial charge in [0.15, 0.2) is 5.69 Å². The Kier molecular flexibility index (Phi) is 4.19. The molecule has 0 atom stereocenters. The Morgan fingerprint density at radius 1 is 1.39 bits per heavy atom. The van der Waals surface area contributed by atoms with Gasteiger partial charge in [-0.15, -0.1) is 21.5 Å². The third-order valence-electron chi connectivity index (χ3n) is 2.16. The van der Waals surface area contributed by atoms with E-state index in [4.69, 9.17) is 0 Å². The lowest BCUT2D eigenvalue weighted by Crippen LogP contribution is -2.24. The number of nitrogens with zero attached hydrogens (tertiary/aromatic N) is 3. The topological polar surface area (TPSA) is 79.8 Å². The fourth-order valence-corrected chi connectivity index (χ4v) is 1.84. The minimum atomic E-state index is -0.209. The number of thiazole rings is 1. The summed E-state index contributed by atoms with van der Waals surface area (Å²) in [6.07, 6.45) is 1.80. The smallest absolute Gasteiger partial charge is 0.271 e. The molecule has 0 aromatic carbocycles. The number of carbonyl (C=O) groups excluding carboxylic acids is 1. The van der Waals surface area contributed by atoms with Crippen molar-refractivity contribution in [1.29, 1.82) is 0 Å². The molecule has 2 rings (SSSR count). The first-order valence-electron chi connectivity index (χ1n) is 5.52. The van der Waals surface area contributed by atoms with Crippen LogP contribution in [0.5, 0.6) is 0 Å². The molecule has 2 aromatic rings. The molecule has 0 fully saturated rings. The van der Waals surface area contributed by atoms with E-state index in [0.717, 1.165) is 4.88 Å². The van der Waals surface area contributed by atoms with Crippen LogP contribution in [0.2, 0.25) is 0 Å². The van der Waals surface area contributed by atoms with Crippen LogP contribution in [0, 0.1) is 0 Å². The van der Waals surface area contributed by atoms with E-state index in [2.05, 4.69) is 25.8 Å². The van der Waals surface area contributed by atoms with Crippen LogP contribution < -0.4 is 10.6 Å². The fourth-order valence-electron chi connectivity index (χ4n) is 1.31. The predicted octanol–water partition coefficient (Wildman–Crippen LogP) is 1.29. The van der Waals surface area contributed by atoms with Crippen LogP contribution in [0.25, 0.3) is 0 Å². The second-order valence-corrected chi connectivity index (χ2v) is 4.46. The second-order valence-electron chi connectivity index (χ2n) is 3.48. The van der Waals surface area contributed by atoms with E-state index in [1.807, 2.05) is 6.92 Å². The van der Waals surface area contributed by atoms with E-state index >= 15 is 0 Å². The minimum absolute atomic E-state index is 0.209. The lowest BCUT2D eigenvalue weighted by Gasteiger charge is -2.04. The first-order valence-corrected chi connectivity index (χ1v) is 6.40. The molecule has 0 bridgehead atoms. The Hall–Kier alpha value is -2.02. The van der Waals surface area contributed by atoms with Crippen LogP contribution in [-0.4, -0.2) is 27.6 Å². The Balaban J connectivity index is 1.93. The fraction of sp³-hybridized carbons (Fsp3) is 0.273.